The summed E-state index contributed by atoms with van der Waals surface area (Å²) in [6.07, 6.45) is 1.64. The Morgan fingerprint density at radius 3 is 2.64 bits per heavy atom. The highest BCUT2D eigenvalue weighted by molar-refractivity contribution is 5.79. The molecule has 0 aromatic heterocycles. The topological polar surface area (TPSA) is 66.4 Å². The van der Waals surface area contributed by atoms with Crippen LogP contribution in [0.15, 0.2) is 24.3 Å². The Kier molecular flexibility index (Phi) is 6.53. The zero-order valence-electron chi connectivity index (χ0n) is 13.4. The van der Waals surface area contributed by atoms with Crippen LogP contribution in [-0.2, 0) is 16.0 Å². The number of nitrogens with one attached hydrogen (secondary N) is 1. The number of halogens is 1. The molecule has 0 bridgehead atoms. The highest BCUT2D eigenvalue weighted by atomic mass is 19.1. The van der Waals surface area contributed by atoms with Gasteiger partial charge in [-0.25, -0.2) is 4.39 Å². The lowest BCUT2D eigenvalue weighted by atomic mass is 9.95. The van der Waals surface area contributed by atoms with Crippen molar-refractivity contribution < 1.29 is 19.1 Å². The van der Waals surface area contributed by atoms with Gasteiger partial charge in [-0.3, -0.25) is 9.59 Å². The second kappa shape index (κ2) is 7.92. The third-order valence-corrected chi connectivity index (χ3v) is 3.63. The summed E-state index contributed by atoms with van der Waals surface area (Å²) in [6, 6.07) is 6.36. The predicted octanol–water partition coefficient (Wildman–Crippen LogP) is 3.15. The minimum absolute atomic E-state index is 0.0188. The van der Waals surface area contributed by atoms with Crippen LogP contribution in [0.5, 0.6) is 0 Å². The minimum Gasteiger partial charge on any atom is -0.481 e. The zero-order valence-corrected chi connectivity index (χ0v) is 13.4. The average molecular weight is 309 g/mol. The summed E-state index contributed by atoms with van der Waals surface area (Å²) in [5.74, 6) is -1.47. The van der Waals surface area contributed by atoms with E-state index in [1.165, 1.54) is 12.1 Å². The van der Waals surface area contributed by atoms with Crippen LogP contribution in [-0.4, -0.2) is 22.5 Å². The van der Waals surface area contributed by atoms with Crippen molar-refractivity contribution in [2.75, 3.05) is 0 Å². The van der Waals surface area contributed by atoms with E-state index in [4.69, 9.17) is 5.11 Å². The zero-order chi connectivity index (χ0) is 16.8. The molecule has 0 aliphatic rings. The Morgan fingerprint density at radius 1 is 1.36 bits per heavy atom. The Bertz CT molecular complexity index is 528. The van der Waals surface area contributed by atoms with Crippen LogP contribution in [0.3, 0.4) is 0 Å². The first kappa shape index (κ1) is 18.1. The third kappa shape index (κ3) is 6.70. The van der Waals surface area contributed by atoms with Crippen LogP contribution in [0.25, 0.3) is 0 Å². The molecular weight excluding hydrogens is 285 g/mol. The van der Waals surface area contributed by atoms with Crippen molar-refractivity contribution in [3.05, 3.63) is 35.6 Å². The van der Waals surface area contributed by atoms with Crippen LogP contribution in [0.2, 0.25) is 0 Å². The van der Waals surface area contributed by atoms with E-state index in [0.29, 0.717) is 19.3 Å². The number of hydrogen-bond acceptors (Lipinski definition) is 2. The quantitative estimate of drug-likeness (QED) is 0.775. The second-order valence-electron chi connectivity index (χ2n) is 6.34. The molecule has 1 atom stereocenters. The first-order valence-corrected chi connectivity index (χ1v) is 7.48. The van der Waals surface area contributed by atoms with E-state index >= 15 is 0 Å². The van der Waals surface area contributed by atoms with Crippen LogP contribution >= 0.6 is 0 Å². The molecule has 1 amide bonds. The van der Waals surface area contributed by atoms with Crippen molar-refractivity contribution in [2.24, 2.45) is 5.92 Å². The van der Waals surface area contributed by atoms with E-state index in [9.17, 15) is 14.0 Å². The van der Waals surface area contributed by atoms with Crippen LogP contribution in [0.1, 0.15) is 45.6 Å². The summed E-state index contributed by atoms with van der Waals surface area (Å²) in [6.45, 7) is 5.45. The smallest absolute Gasteiger partial charge is 0.303 e. The number of carbonyl (C=O) groups is 2. The van der Waals surface area contributed by atoms with E-state index in [-0.39, 0.29) is 24.1 Å². The molecule has 0 aliphatic carbocycles. The molecule has 0 heterocycles. The monoisotopic (exact) mass is 309 g/mol. The van der Waals surface area contributed by atoms with E-state index in [0.717, 1.165) is 5.56 Å². The minimum atomic E-state index is -0.874. The van der Waals surface area contributed by atoms with Gasteiger partial charge >= 0.3 is 5.97 Å². The van der Waals surface area contributed by atoms with Crippen LogP contribution < -0.4 is 5.32 Å². The van der Waals surface area contributed by atoms with Crippen LogP contribution in [0.4, 0.5) is 4.39 Å². The van der Waals surface area contributed by atoms with Gasteiger partial charge in [0.15, 0.2) is 0 Å². The number of carboxylic acid groups (broad SMARTS) is 1. The third-order valence-electron chi connectivity index (χ3n) is 3.63. The fraction of sp³-hybridized carbons (Fsp3) is 0.529. The van der Waals surface area contributed by atoms with E-state index in [1.807, 2.05) is 26.8 Å². The molecule has 5 heteroatoms. The summed E-state index contributed by atoms with van der Waals surface area (Å²) < 4.78 is 13.1. The Balaban J connectivity index is 2.46. The summed E-state index contributed by atoms with van der Waals surface area (Å²) >= 11 is 0. The predicted molar refractivity (Wildman–Crippen MR) is 83.0 cm³/mol. The molecule has 1 rings (SSSR count). The summed E-state index contributed by atoms with van der Waals surface area (Å²) in [5, 5.41) is 11.6. The molecule has 22 heavy (non-hydrogen) atoms. The molecule has 1 aromatic rings. The molecule has 1 unspecified atom stereocenters. The molecule has 0 aliphatic heterocycles. The number of hydrogen-bond donors (Lipinski definition) is 2. The lowest BCUT2D eigenvalue weighted by Crippen LogP contribution is -2.46. The van der Waals surface area contributed by atoms with Crippen LogP contribution in [0, 0.1) is 11.7 Å². The number of benzene rings is 1. The van der Waals surface area contributed by atoms with E-state index in [2.05, 4.69) is 5.32 Å². The normalized spacial score (nSPS) is 12.7. The maximum atomic E-state index is 13.1. The van der Waals surface area contributed by atoms with E-state index in [1.54, 1.807) is 6.07 Å². The first-order valence-electron chi connectivity index (χ1n) is 7.48. The standard InChI is InChI=1S/C17H24FNO3/c1-12(7-8-13-5-4-6-14(18)11-13)16(22)19-17(2,3)10-9-15(20)21/h4-6,11-12H,7-10H2,1-3H3,(H,19,22)(H,20,21). The fourth-order valence-electron chi connectivity index (χ4n) is 2.15. The molecule has 122 valence electrons. The van der Waals surface area contributed by atoms with Gasteiger partial charge in [0.1, 0.15) is 5.82 Å². The fourth-order valence-corrected chi connectivity index (χ4v) is 2.15. The Hall–Kier alpha value is -1.91. The number of aryl methyl sites for hydroxylation is 1. The number of carbonyl (C=O) groups excluding carboxylic acids is 1. The van der Waals surface area contributed by atoms with Gasteiger partial charge in [0.2, 0.25) is 5.91 Å². The van der Waals surface area contributed by atoms with Gasteiger partial charge in [-0.15, -0.1) is 0 Å². The number of rotatable bonds is 8. The Morgan fingerprint density at radius 2 is 2.05 bits per heavy atom. The molecule has 0 saturated carbocycles. The highest BCUT2D eigenvalue weighted by Crippen LogP contribution is 2.15. The molecule has 1 aromatic carbocycles. The summed E-state index contributed by atoms with van der Waals surface area (Å²) in [7, 11) is 0. The molecule has 4 nitrogen and oxygen atoms in total. The number of aliphatic carboxylic acids is 1. The van der Waals surface area contributed by atoms with Gasteiger partial charge in [0.05, 0.1) is 0 Å². The molecule has 0 fully saturated rings. The van der Waals surface area contributed by atoms with Gasteiger partial charge in [0, 0.05) is 17.9 Å². The number of amides is 1. The molecule has 2 N–H and O–H groups in total. The SMILES string of the molecule is CC(CCc1cccc(F)c1)C(=O)NC(C)(C)CCC(=O)O. The lowest BCUT2D eigenvalue weighted by molar-refractivity contribution is -0.138. The maximum absolute atomic E-state index is 13.1. The van der Waals surface area contributed by atoms with Gasteiger partial charge in [0.25, 0.3) is 0 Å². The molecular formula is C17H24FNO3. The molecule has 0 radical (unpaired) electrons. The van der Waals surface area contributed by atoms with Gasteiger partial charge in [-0.2, -0.15) is 0 Å². The first-order chi connectivity index (χ1) is 10.2. The second-order valence-corrected chi connectivity index (χ2v) is 6.34. The summed E-state index contributed by atoms with van der Waals surface area (Å²) in [5.41, 5.74) is 0.313. The summed E-state index contributed by atoms with van der Waals surface area (Å²) in [4.78, 5) is 22.8. The van der Waals surface area contributed by atoms with Gasteiger partial charge in [-0.05, 0) is 50.8 Å². The van der Waals surface area contributed by atoms with Crippen molar-refractivity contribution in [2.45, 2.75) is 52.0 Å². The van der Waals surface area contributed by atoms with Gasteiger partial charge in [-0.1, -0.05) is 19.1 Å². The van der Waals surface area contributed by atoms with Crippen molar-refractivity contribution in [3.8, 4) is 0 Å². The van der Waals surface area contributed by atoms with Crippen molar-refractivity contribution >= 4 is 11.9 Å². The highest BCUT2D eigenvalue weighted by Gasteiger charge is 2.24. The van der Waals surface area contributed by atoms with Gasteiger partial charge < -0.3 is 10.4 Å². The number of carboxylic acids is 1. The molecule has 0 spiro atoms. The lowest BCUT2D eigenvalue weighted by Gasteiger charge is -2.27. The Labute approximate surface area is 130 Å². The molecule has 0 saturated heterocycles. The largest absolute Gasteiger partial charge is 0.481 e. The van der Waals surface area contributed by atoms with Crippen molar-refractivity contribution in [1.82, 2.24) is 5.32 Å². The maximum Gasteiger partial charge on any atom is 0.303 e. The van der Waals surface area contributed by atoms with Crippen molar-refractivity contribution in [3.63, 3.8) is 0 Å². The average Bonchev–Trinajstić information content (AvgIpc) is 2.42. The van der Waals surface area contributed by atoms with Crippen molar-refractivity contribution in [1.29, 1.82) is 0 Å². The van der Waals surface area contributed by atoms with E-state index < -0.39 is 11.5 Å².